The molecule has 1 aromatic carbocycles. The highest BCUT2D eigenvalue weighted by Crippen LogP contribution is 2.59. The third kappa shape index (κ3) is 4.21. The van der Waals surface area contributed by atoms with Crippen molar-refractivity contribution in [3.05, 3.63) is 56.7 Å². The summed E-state index contributed by atoms with van der Waals surface area (Å²) in [5.74, 6) is -0.351. The van der Waals surface area contributed by atoms with Crippen LogP contribution in [0.2, 0.25) is 5.02 Å². The third-order valence-electron chi connectivity index (χ3n) is 6.09. The number of carbonyl (C=O) groups excluding carboxylic acids is 2. The Bertz CT molecular complexity index is 967. The summed E-state index contributed by atoms with van der Waals surface area (Å²) in [6.45, 7) is 1.21. The molecule has 1 unspecified atom stereocenters. The van der Waals surface area contributed by atoms with Gasteiger partial charge in [-0.2, -0.15) is 13.2 Å². The summed E-state index contributed by atoms with van der Waals surface area (Å²) < 4.78 is 38.5. The number of halogens is 4. The molecular weight excluding hydrogens is 437 g/mol. The van der Waals surface area contributed by atoms with Gasteiger partial charge in [-0.05, 0) is 53.8 Å². The number of piperidine rings is 1. The van der Waals surface area contributed by atoms with E-state index in [0.717, 1.165) is 31.4 Å². The lowest BCUT2D eigenvalue weighted by Gasteiger charge is -2.32. The molecule has 1 aliphatic heterocycles. The number of nitrogens with zero attached hydrogens (tertiary/aromatic N) is 1. The van der Waals surface area contributed by atoms with Gasteiger partial charge in [0.15, 0.2) is 0 Å². The third-order valence-corrected chi connectivity index (χ3v) is 7.41. The van der Waals surface area contributed by atoms with Crippen molar-refractivity contribution in [3.8, 4) is 0 Å². The Morgan fingerprint density at radius 1 is 1.23 bits per heavy atom. The molecule has 1 saturated carbocycles. The van der Waals surface area contributed by atoms with E-state index in [-0.39, 0.29) is 29.7 Å². The van der Waals surface area contributed by atoms with Crippen LogP contribution in [0.4, 0.5) is 13.2 Å². The maximum Gasteiger partial charge on any atom is 0.416 e. The first-order valence-electron chi connectivity index (χ1n) is 9.66. The van der Waals surface area contributed by atoms with Crippen LogP contribution in [0.5, 0.6) is 0 Å². The lowest BCUT2D eigenvalue weighted by molar-refractivity contribution is -0.137. The molecule has 1 spiro atoms. The van der Waals surface area contributed by atoms with Crippen molar-refractivity contribution in [1.82, 2.24) is 10.2 Å². The first kappa shape index (κ1) is 21.2. The van der Waals surface area contributed by atoms with Crippen molar-refractivity contribution < 1.29 is 22.8 Å². The van der Waals surface area contributed by atoms with E-state index in [1.807, 2.05) is 0 Å². The monoisotopic (exact) mass is 456 g/mol. The van der Waals surface area contributed by atoms with Crippen LogP contribution >= 0.6 is 22.9 Å². The zero-order valence-electron chi connectivity index (χ0n) is 16.0. The minimum atomic E-state index is -4.40. The zero-order chi connectivity index (χ0) is 21.5. The number of alkyl halides is 3. The second-order valence-electron chi connectivity index (χ2n) is 7.92. The van der Waals surface area contributed by atoms with E-state index in [1.165, 1.54) is 17.4 Å². The highest BCUT2D eigenvalue weighted by molar-refractivity contribution is 7.12. The zero-order valence-corrected chi connectivity index (χ0v) is 17.5. The number of amides is 2. The molecule has 2 aliphatic rings. The molecule has 4 nitrogen and oxygen atoms in total. The van der Waals surface area contributed by atoms with E-state index in [1.54, 1.807) is 22.4 Å². The summed E-state index contributed by atoms with van der Waals surface area (Å²) in [7, 11) is 0. The Labute approximate surface area is 181 Å². The molecule has 2 aromatic rings. The predicted octanol–water partition coefficient (Wildman–Crippen LogP) is 4.98. The maximum absolute atomic E-state index is 12.8. The van der Waals surface area contributed by atoms with E-state index < -0.39 is 11.7 Å². The second-order valence-corrected chi connectivity index (χ2v) is 9.25. The lowest BCUT2D eigenvalue weighted by Crippen LogP contribution is -2.40. The normalized spacial score (nSPS) is 20.3. The van der Waals surface area contributed by atoms with Crippen LogP contribution in [0, 0.1) is 11.3 Å². The van der Waals surface area contributed by atoms with E-state index in [4.69, 9.17) is 11.6 Å². The number of rotatable bonds is 4. The standard InChI is InChI=1S/C21H20ClF3N2O2S/c22-16-4-9-30-17(16)19(29)27-7-5-20(6-8-27)11-15(20)18(28)26-12-13-2-1-3-14(10-13)21(23,24)25/h1-4,9-10,15H,5-8,11-12H2,(H,26,28). The molecule has 9 heteroatoms. The molecular formula is C21H20ClF3N2O2S. The molecule has 1 aliphatic carbocycles. The van der Waals surface area contributed by atoms with Gasteiger partial charge in [0.25, 0.3) is 5.91 Å². The molecule has 1 N–H and O–H groups in total. The molecule has 30 heavy (non-hydrogen) atoms. The van der Waals surface area contributed by atoms with E-state index in [2.05, 4.69) is 5.32 Å². The largest absolute Gasteiger partial charge is 0.416 e. The van der Waals surface area contributed by atoms with Crippen molar-refractivity contribution in [3.63, 3.8) is 0 Å². The van der Waals surface area contributed by atoms with Crippen molar-refractivity contribution in [1.29, 1.82) is 0 Å². The van der Waals surface area contributed by atoms with Crippen LogP contribution in [0.1, 0.15) is 40.1 Å². The van der Waals surface area contributed by atoms with Crippen molar-refractivity contribution in [2.45, 2.75) is 32.0 Å². The summed E-state index contributed by atoms with van der Waals surface area (Å²) in [5.41, 5.74) is -0.408. The molecule has 2 amide bonds. The average Bonchev–Trinajstić information content (AvgIpc) is 3.24. The number of carbonyl (C=O) groups is 2. The van der Waals surface area contributed by atoms with Crippen LogP contribution in [0.25, 0.3) is 0 Å². The lowest BCUT2D eigenvalue weighted by atomic mass is 9.90. The fourth-order valence-corrected chi connectivity index (χ4v) is 5.29. The van der Waals surface area contributed by atoms with Gasteiger partial charge in [-0.1, -0.05) is 23.7 Å². The summed E-state index contributed by atoms with van der Waals surface area (Å²) in [5, 5.41) is 5.02. The smallest absolute Gasteiger partial charge is 0.352 e. The summed E-state index contributed by atoms with van der Waals surface area (Å²) in [6.07, 6.45) is -2.17. The molecule has 160 valence electrons. The van der Waals surface area contributed by atoms with Crippen LogP contribution in [0.15, 0.2) is 35.7 Å². The molecule has 0 bridgehead atoms. The molecule has 1 aromatic heterocycles. The molecule has 4 rings (SSSR count). The van der Waals surface area contributed by atoms with Crippen molar-refractivity contribution >= 4 is 34.8 Å². The van der Waals surface area contributed by atoms with Crippen LogP contribution in [-0.2, 0) is 17.5 Å². The Balaban J connectivity index is 1.29. The van der Waals surface area contributed by atoms with Gasteiger partial charge >= 0.3 is 6.18 Å². The summed E-state index contributed by atoms with van der Waals surface area (Å²) in [4.78, 5) is 27.4. The van der Waals surface area contributed by atoms with Crippen LogP contribution < -0.4 is 5.32 Å². The molecule has 2 fully saturated rings. The molecule has 1 saturated heterocycles. The molecule has 2 heterocycles. The van der Waals surface area contributed by atoms with Gasteiger partial charge in [-0.3, -0.25) is 9.59 Å². The van der Waals surface area contributed by atoms with Gasteiger partial charge in [0, 0.05) is 25.6 Å². The second kappa shape index (κ2) is 7.89. The Kier molecular flexibility index (Phi) is 5.57. The van der Waals surface area contributed by atoms with Gasteiger partial charge in [0.1, 0.15) is 4.88 Å². The van der Waals surface area contributed by atoms with E-state index >= 15 is 0 Å². The van der Waals surface area contributed by atoms with Gasteiger partial charge < -0.3 is 10.2 Å². The highest BCUT2D eigenvalue weighted by atomic mass is 35.5. The van der Waals surface area contributed by atoms with Gasteiger partial charge in [-0.25, -0.2) is 0 Å². The Morgan fingerprint density at radius 3 is 2.60 bits per heavy atom. The predicted molar refractivity (Wildman–Crippen MR) is 108 cm³/mol. The first-order chi connectivity index (χ1) is 14.2. The van der Waals surface area contributed by atoms with E-state index in [0.29, 0.717) is 28.6 Å². The molecule has 0 radical (unpaired) electrons. The SMILES string of the molecule is O=C(NCc1cccc(C(F)(F)F)c1)C1CC12CCN(C(=O)c1sccc1Cl)CC2. The topological polar surface area (TPSA) is 49.4 Å². The van der Waals surface area contributed by atoms with Crippen molar-refractivity contribution in [2.24, 2.45) is 11.3 Å². The number of nitrogens with one attached hydrogen (secondary N) is 1. The quantitative estimate of drug-likeness (QED) is 0.705. The highest BCUT2D eigenvalue weighted by Gasteiger charge is 2.58. The average molecular weight is 457 g/mol. The van der Waals surface area contributed by atoms with Gasteiger partial charge in [0.2, 0.25) is 5.91 Å². The Hall–Kier alpha value is -2.06. The van der Waals surface area contributed by atoms with Crippen LogP contribution in [-0.4, -0.2) is 29.8 Å². The van der Waals surface area contributed by atoms with E-state index in [9.17, 15) is 22.8 Å². The molecule has 1 atom stereocenters. The number of benzene rings is 1. The van der Waals surface area contributed by atoms with Gasteiger partial charge in [0.05, 0.1) is 10.6 Å². The summed E-state index contributed by atoms with van der Waals surface area (Å²) in [6, 6.07) is 6.69. The summed E-state index contributed by atoms with van der Waals surface area (Å²) >= 11 is 7.38. The minimum absolute atomic E-state index is 0.0663. The first-order valence-corrected chi connectivity index (χ1v) is 10.9. The number of hydrogen-bond donors (Lipinski definition) is 1. The number of thiophene rings is 1. The minimum Gasteiger partial charge on any atom is -0.352 e. The maximum atomic E-state index is 12.8. The van der Waals surface area contributed by atoms with Crippen molar-refractivity contribution in [2.75, 3.05) is 13.1 Å². The Morgan fingerprint density at radius 2 is 1.97 bits per heavy atom. The van der Waals surface area contributed by atoms with Gasteiger partial charge in [-0.15, -0.1) is 11.3 Å². The van der Waals surface area contributed by atoms with Crippen LogP contribution in [0.3, 0.4) is 0 Å². The fraction of sp³-hybridized carbons (Fsp3) is 0.429. The number of hydrogen-bond acceptors (Lipinski definition) is 3. The fourth-order valence-electron chi connectivity index (χ4n) is 4.19. The number of likely N-dealkylation sites (tertiary alicyclic amines) is 1.